The SMILES string of the molecule is CCCCCCCC(CCc1ccc(F)[c-]c1F)N(C(=O)C(C)(C)C)C(C)C.CCCCCCCC(CCc1ccc(F)[c-]c1F)N(C(=O)C(C)(C)C)C(C)C.[C-]1=CC=CC1.[C-]1=CC=CC1.[Ti+4]. The maximum Gasteiger partial charge on any atom is 4.00 e. The second-order valence-corrected chi connectivity index (χ2v) is 20.2. The van der Waals surface area contributed by atoms with E-state index in [0.717, 1.165) is 51.4 Å². The van der Waals surface area contributed by atoms with Gasteiger partial charge >= 0.3 is 21.7 Å². The third-order valence-electron chi connectivity index (χ3n) is 11.5. The Hall–Kier alpha value is -3.23. The van der Waals surface area contributed by atoms with Crippen LogP contribution in [0.3, 0.4) is 0 Å². The summed E-state index contributed by atoms with van der Waals surface area (Å²) in [4.78, 5) is 30.2. The van der Waals surface area contributed by atoms with E-state index in [2.05, 4.69) is 50.3 Å². The molecule has 9 heteroatoms. The molecule has 0 saturated heterocycles. The second kappa shape index (κ2) is 35.0. The van der Waals surface area contributed by atoms with Crippen molar-refractivity contribution in [1.29, 1.82) is 0 Å². The predicted molar refractivity (Wildman–Crippen MR) is 267 cm³/mol. The van der Waals surface area contributed by atoms with Crippen molar-refractivity contribution in [2.45, 2.75) is 223 Å². The summed E-state index contributed by atoms with van der Waals surface area (Å²) in [6.07, 6.45) is 35.8. The van der Waals surface area contributed by atoms with E-state index in [1.54, 1.807) is 0 Å². The third-order valence-corrected chi connectivity index (χ3v) is 11.5. The van der Waals surface area contributed by atoms with Crippen LogP contribution < -0.4 is 0 Å². The summed E-state index contributed by atoms with van der Waals surface area (Å²) < 4.78 is 54.3. The molecule has 2 aliphatic rings. The summed E-state index contributed by atoms with van der Waals surface area (Å²) in [5.74, 6) is -2.35. The molecule has 2 aliphatic carbocycles. The van der Waals surface area contributed by atoms with Gasteiger partial charge in [0.1, 0.15) is 0 Å². The van der Waals surface area contributed by atoms with Crippen molar-refractivity contribution in [3.05, 3.63) is 119 Å². The number of carbonyl (C=O) groups is 2. The number of hydrogen-bond acceptors (Lipinski definition) is 2. The quantitative estimate of drug-likeness (QED) is 0.0511. The number of benzene rings is 2. The molecule has 0 radical (unpaired) electrons. The Labute approximate surface area is 421 Å². The van der Waals surface area contributed by atoms with Gasteiger partial charge in [0.2, 0.25) is 11.8 Å². The van der Waals surface area contributed by atoms with Gasteiger partial charge < -0.3 is 9.80 Å². The zero-order valence-corrected chi connectivity index (χ0v) is 45.1. The topological polar surface area (TPSA) is 40.6 Å². The number of allylic oxidation sites excluding steroid dienone is 8. The van der Waals surface area contributed by atoms with Crippen LogP contribution in [-0.4, -0.2) is 45.8 Å². The number of rotatable bonds is 22. The summed E-state index contributed by atoms with van der Waals surface area (Å²) >= 11 is 0. The largest absolute Gasteiger partial charge is 4.00 e. The van der Waals surface area contributed by atoms with Crippen molar-refractivity contribution in [3.8, 4) is 0 Å². The monoisotopic (exact) mass is 967 g/mol. The van der Waals surface area contributed by atoms with Gasteiger partial charge in [-0.2, -0.15) is 24.3 Å². The number of halogens is 4. The number of amides is 2. The number of unbranched alkanes of at least 4 members (excludes halogenated alkanes) is 8. The maximum atomic E-state index is 14.0. The predicted octanol–water partition coefficient (Wildman–Crippen LogP) is 16.0. The number of nitrogens with zero attached hydrogens (tertiary/aromatic N) is 2. The van der Waals surface area contributed by atoms with Crippen molar-refractivity contribution in [2.75, 3.05) is 0 Å². The van der Waals surface area contributed by atoms with Gasteiger partial charge in [-0.25, -0.2) is 41.9 Å². The van der Waals surface area contributed by atoms with E-state index >= 15 is 0 Å². The van der Waals surface area contributed by atoms with Gasteiger partial charge in [-0.1, -0.05) is 132 Å². The van der Waals surface area contributed by atoms with E-state index in [1.807, 2.05) is 103 Å². The zero-order valence-electron chi connectivity index (χ0n) is 43.5. The molecule has 0 saturated carbocycles. The first-order valence-electron chi connectivity index (χ1n) is 25.0. The van der Waals surface area contributed by atoms with Crippen LogP contribution >= 0.6 is 0 Å². The van der Waals surface area contributed by atoms with E-state index in [0.29, 0.717) is 36.8 Å². The van der Waals surface area contributed by atoms with Crippen LogP contribution in [0.1, 0.15) is 197 Å². The first-order valence-corrected chi connectivity index (χ1v) is 25.0. The van der Waals surface area contributed by atoms with Crippen LogP contribution in [0, 0.1) is 58.4 Å². The first kappa shape index (κ1) is 63.8. The zero-order chi connectivity index (χ0) is 49.7. The van der Waals surface area contributed by atoms with Gasteiger partial charge in [-0.15, -0.1) is 48.2 Å². The van der Waals surface area contributed by atoms with Gasteiger partial charge in [-0.05, 0) is 53.4 Å². The van der Waals surface area contributed by atoms with Crippen LogP contribution in [0.2, 0.25) is 0 Å². The van der Waals surface area contributed by atoms with Crippen LogP contribution in [0.4, 0.5) is 17.6 Å². The van der Waals surface area contributed by atoms with Crippen molar-refractivity contribution < 1.29 is 48.9 Å². The standard InChI is InChI=1S/2C24H38F2NO.2C5H5.Ti/c2*1-7-8-9-10-11-12-21(27(18(2)3)23(28)24(4,5)6)16-14-19-13-15-20(25)17-22(19)26;2*1-2-4-5-3-1;/h2*13,15,18,21H,7-12,14,16H2,1-6H3;2*1-3H,4H2;/q4*-1;+4. The Morgan fingerprint density at radius 1 is 0.552 bits per heavy atom. The van der Waals surface area contributed by atoms with E-state index < -0.39 is 34.1 Å². The van der Waals surface area contributed by atoms with Crippen LogP contribution in [0.15, 0.2) is 60.7 Å². The van der Waals surface area contributed by atoms with Crippen LogP contribution in [0.5, 0.6) is 0 Å². The molecule has 0 heterocycles. The molecule has 2 aromatic rings. The van der Waals surface area contributed by atoms with Crippen molar-refractivity contribution in [1.82, 2.24) is 9.80 Å². The molecular weight excluding hydrogens is 881 g/mol. The van der Waals surface area contributed by atoms with E-state index in [4.69, 9.17) is 0 Å². The molecule has 0 bridgehead atoms. The fourth-order valence-electron chi connectivity index (χ4n) is 7.89. The molecule has 2 atom stereocenters. The molecule has 0 N–H and O–H groups in total. The molecular formula is C58H86F4N2O2Ti. The Morgan fingerprint density at radius 2 is 0.896 bits per heavy atom. The molecule has 2 amide bonds. The average Bonchev–Trinajstić information content (AvgIpc) is 4.03. The van der Waals surface area contributed by atoms with E-state index in [9.17, 15) is 27.2 Å². The van der Waals surface area contributed by atoms with Crippen molar-refractivity contribution in [3.63, 3.8) is 0 Å². The fourth-order valence-corrected chi connectivity index (χ4v) is 7.89. The number of hydrogen-bond donors (Lipinski definition) is 0. The van der Waals surface area contributed by atoms with Gasteiger partial charge in [0.25, 0.3) is 0 Å². The van der Waals surface area contributed by atoms with Crippen molar-refractivity contribution in [2.24, 2.45) is 10.8 Å². The minimum absolute atomic E-state index is 0. The van der Waals surface area contributed by atoms with Gasteiger partial charge in [0.15, 0.2) is 0 Å². The minimum atomic E-state index is -0.680. The molecule has 0 spiro atoms. The molecule has 67 heavy (non-hydrogen) atoms. The smallest absolute Gasteiger partial charge is 0.337 e. The normalized spacial score (nSPS) is 13.5. The number of aryl methyl sites for hydroxylation is 2. The van der Waals surface area contributed by atoms with Crippen LogP contribution in [-0.2, 0) is 44.1 Å². The molecule has 0 aliphatic heterocycles. The van der Waals surface area contributed by atoms with Gasteiger partial charge in [0, 0.05) is 58.3 Å². The molecule has 372 valence electrons. The first-order chi connectivity index (χ1) is 31.1. The molecule has 0 fully saturated rings. The molecule has 0 aromatic heterocycles. The summed E-state index contributed by atoms with van der Waals surface area (Å²) in [5.41, 5.74) is 0.00723. The van der Waals surface area contributed by atoms with Crippen molar-refractivity contribution >= 4 is 11.8 Å². The summed E-state index contributed by atoms with van der Waals surface area (Å²) in [5, 5.41) is 0. The Balaban J connectivity index is 0.00000105. The summed E-state index contributed by atoms with van der Waals surface area (Å²) in [7, 11) is 0. The molecule has 4 nitrogen and oxygen atoms in total. The Morgan fingerprint density at radius 3 is 1.13 bits per heavy atom. The molecule has 4 rings (SSSR count). The molecule has 2 unspecified atom stereocenters. The van der Waals surface area contributed by atoms with E-state index in [-0.39, 0.29) is 57.7 Å². The third kappa shape index (κ3) is 26.9. The maximum absolute atomic E-state index is 14.0. The van der Waals surface area contributed by atoms with Crippen LogP contribution in [0.25, 0.3) is 0 Å². The summed E-state index contributed by atoms with van der Waals surface area (Å²) in [6, 6.07) is 9.98. The Bertz CT molecular complexity index is 1640. The summed E-state index contributed by atoms with van der Waals surface area (Å²) in [6.45, 7) is 24.2. The average molecular weight is 967 g/mol. The molecule has 2 aromatic carbocycles. The van der Waals surface area contributed by atoms with Gasteiger partial charge in [0.05, 0.1) is 0 Å². The fraction of sp³-hybridized carbons (Fsp3) is 0.621. The second-order valence-electron chi connectivity index (χ2n) is 20.2. The van der Waals surface area contributed by atoms with E-state index in [1.165, 1.54) is 62.8 Å². The minimum Gasteiger partial charge on any atom is -0.337 e. The number of carbonyl (C=O) groups excluding carboxylic acids is 2. The Kier molecular flexibility index (Phi) is 33.3. The van der Waals surface area contributed by atoms with Gasteiger partial charge in [-0.3, -0.25) is 21.7 Å².